The van der Waals surface area contributed by atoms with Crippen molar-refractivity contribution in [3.05, 3.63) is 45.3 Å². The fraction of sp³-hybridized carbons (Fsp3) is 0.455. The lowest BCUT2D eigenvalue weighted by Crippen LogP contribution is -2.40. The van der Waals surface area contributed by atoms with Crippen LogP contribution in [0.5, 0.6) is 0 Å². The summed E-state index contributed by atoms with van der Waals surface area (Å²) in [6.45, 7) is 1.23. The number of carbonyl (C=O) groups excluding carboxylic acids is 4. The van der Waals surface area contributed by atoms with Crippen molar-refractivity contribution in [2.45, 2.75) is 32.1 Å². The zero-order valence-electron chi connectivity index (χ0n) is 17.1. The number of halogens is 1. The molecule has 0 atom stereocenters. The molecule has 1 aliphatic carbocycles. The van der Waals surface area contributed by atoms with Crippen LogP contribution in [0.15, 0.2) is 34.7 Å². The first kappa shape index (κ1) is 21.9. The van der Waals surface area contributed by atoms with E-state index in [1.54, 1.807) is 29.2 Å². The first-order chi connectivity index (χ1) is 14.9. The van der Waals surface area contributed by atoms with Gasteiger partial charge >= 0.3 is 0 Å². The van der Waals surface area contributed by atoms with Gasteiger partial charge in [0, 0.05) is 19.6 Å². The summed E-state index contributed by atoms with van der Waals surface area (Å²) >= 11 is 7.02. The van der Waals surface area contributed by atoms with E-state index in [9.17, 15) is 19.2 Å². The number of nitrogens with zero attached hydrogens (tertiary/aromatic N) is 2. The minimum Gasteiger partial charge on any atom is -0.355 e. The van der Waals surface area contributed by atoms with Gasteiger partial charge in [-0.25, -0.2) is 0 Å². The van der Waals surface area contributed by atoms with E-state index >= 15 is 0 Å². The monoisotopic (exact) mass is 461 g/mol. The summed E-state index contributed by atoms with van der Waals surface area (Å²) in [5.41, 5.74) is 1.32. The predicted molar refractivity (Wildman–Crippen MR) is 119 cm³/mol. The van der Waals surface area contributed by atoms with Crippen molar-refractivity contribution in [3.8, 4) is 0 Å². The molecule has 4 rings (SSSR count). The molecule has 31 heavy (non-hydrogen) atoms. The summed E-state index contributed by atoms with van der Waals surface area (Å²) in [4.78, 5) is 53.1. The number of likely N-dealkylation sites (tertiary alicyclic amines) is 1. The summed E-state index contributed by atoms with van der Waals surface area (Å²) < 4.78 is 0. The summed E-state index contributed by atoms with van der Waals surface area (Å²) in [5, 5.41) is 2.78. The van der Waals surface area contributed by atoms with Crippen LogP contribution in [-0.2, 0) is 9.59 Å². The van der Waals surface area contributed by atoms with Crippen molar-refractivity contribution in [3.63, 3.8) is 0 Å². The quantitative estimate of drug-likeness (QED) is 0.656. The maximum atomic E-state index is 12.8. The highest BCUT2D eigenvalue weighted by Gasteiger charge is 2.39. The summed E-state index contributed by atoms with van der Waals surface area (Å²) in [7, 11) is 0. The lowest BCUT2D eigenvalue weighted by atomic mass is 10.0. The molecule has 0 aromatic heterocycles. The number of piperidine rings is 1. The number of hydrogen-bond donors (Lipinski definition) is 1. The standard InChI is InChI=1S/C22H24ClN3O4S/c23-17-4-2-1-3-16(17)20(28)25-11-8-15(9-12-25)19-21(29)26(22(30)31-19)13-18(27)24-10-7-14-5-6-14/h1-4,14H,5-13H2,(H,24,27). The highest BCUT2D eigenvalue weighted by atomic mass is 35.5. The molecule has 2 heterocycles. The summed E-state index contributed by atoms with van der Waals surface area (Å²) in [5.74, 6) is -0.152. The van der Waals surface area contributed by atoms with E-state index in [2.05, 4.69) is 5.32 Å². The third kappa shape index (κ3) is 5.13. The molecule has 1 saturated carbocycles. The molecule has 2 saturated heterocycles. The molecule has 0 unspecified atom stereocenters. The summed E-state index contributed by atoms with van der Waals surface area (Å²) in [6, 6.07) is 6.92. The van der Waals surface area contributed by atoms with E-state index in [-0.39, 0.29) is 18.4 Å². The van der Waals surface area contributed by atoms with Crippen LogP contribution < -0.4 is 5.32 Å². The van der Waals surface area contributed by atoms with Crippen LogP contribution in [-0.4, -0.2) is 58.9 Å². The second kappa shape index (κ2) is 9.44. The van der Waals surface area contributed by atoms with Crippen LogP contribution in [0, 0.1) is 5.92 Å². The smallest absolute Gasteiger partial charge is 0.294 e. The molecule has 1 N–H and O–H groups in total. The third-order valence-electron chi connectivity index (χ3n) is 5.80. The van der Waals surface area contributed by atoms with Crippen LogP contribution in [0.4, 0.5) is 4.79 Å². The first-order valence-corrected chi connectivity index (χ1v) is 11.7. The van der Waals surface area contributed by atoms with Gasteiger partial charge in [-0.15, -0.1) is 0 Å². The van der Waals surface area contributed by atoms with E-state index in [4.69, 9.17) is 11.6 Å². The summed E-state index contributed by atoms with van der Waals surface area (Å²) in [6.07, 6.45) is 4.40. The molecule has 0 bridgehead atoms. The Bertz CT molecular complexity index is 950. The lowest BCUT2D eigenvalue weighted by molar-refractivity contribution is -0.129. The Balaban J connectivity index is 1.34. The Kier molecular flexibility index (Phi) is 6.67. The van der Waals surface area contributed by atoms with Crippen LogP contribution in [0.1, 0.15) is 42.5 Å². The van der Waals surface area contributed by atoms with Crippen molar-refractivity contribution in [2.75, 3.05) is 26.2 Å². The van der Waals surface area contributed by atoms with Gasteiger partial charge in [0.15, 0.2) is 0 Å². The van der Waals surface area contributed by atoms with Gasteiger partial charge < -0.3 is 10.2 Å². The number of nitrogens with one attached hydrogen (secondary N) is 1. The zero-order valence-corrected chi connectivity index (χ0v) is 18.6. The zero-order chi connectivity index (χ0) is 22.0. The minimum atomic E-state index is -0.417. The Morgan fingerprint density at radius 3 is 2.52 bits per heavy atom. The van der Waals surface area contributed by atoms with Crippen molar-refractivity contribution < 1.29 is 19.2 Å². The van der Waals surface area contributed by atoms with Gasteiger partial charge in [-0.05, 0) is 54.6 Å². The molecule has 7 nitrogen and oxygen atoms in total. The van der Waals surface area contributed by atoms with Crippen molar-refractivity contribution in [1.82, 2.24) is 15.1 Å². The highest BCUT2D eigenvalue weighted by molar-refractivity contribution is 8.18. The molecule has 3 fully saturated rings. The van der Waals surface area contributed by atoms with Gasteiger partial charge in [0.05, 0.1) is 15.5 Å². The molecule has 164 valence electrons. The second-order valence-electron chi connectivity index (χ2n) is 8.05. The van der Waals surface area contributed by atoms with Crippen molar-refractivity contribution in [2.24, 2.45) is 5.92 Å². The molecule has 3 aliphatic rings. The molecule has 1 aromatic carbocycles. The van der Waals surface area contributed by atoms with E-state index in [0.29, 0.717) is 53.9 Å². The molecule has 4 amide bonds. The molecule has 2 aliphatic heterocycles. The van der Waals surface area contributed by atoms with Gasteiger partial charge in [0.2, 0.25) is 5.91 Å². The number of benzene rings is 1. The fourth-order valence-corrected chi connectivity index (χ4v) is 4.98. The number of amides is 4. The maximum absolute atomic E-state index is 12.8. The Morgan fingerprint density at radius 1 is 1.13 bits per heavy atom. The molecule has 1 aromatic rings. The molecule has 0 radical (unpaired) electrons. The maximum Gasteiger partial charge on any atom is 0.294 e. The van der Waals surface area contributed by atoms with Crippen LogP contribution in [0.2, 0.25) is 5.02 Å². The molecule has 9 heteroatoms. The average Bonchev–Trinajstić information content (AvgIpc) is 3.55. The first-order valence-electron chi connectivity index (χ1n) is 10.5. The van der Waals surface area contributed by atoms with Crippen LogP contribution >= 0.6 is 23.4 Å². The second-order valence-corrected chi connectivity index (χ2v) is 9.41. The number of rotatable bonds is 6. The minimum absolute atomic E-state index is 0.138. The van der Waals surface area contributed by atoms with Gasteiger partial charge in [0.1, 0.15) is 6.54 Å². The largest absolute Gasteiger partial charge is 0.355 e. The van der Waals surface area contributed by atoms with E-state index in [0.717, 1.165) is 28.7 Å². The highest BCUT2D eigenvalue weighted by Crippen LogP contribution is 2.36. The number of carbonyl (C=O) groups is 4. The van der Waals surface area contributed by atoms with Crippen molar-refractivity contribution in [1.29, 1.82) is 0 Å². The van der Waals surface area contributed by atoms with Crippen LogP contribution in [0.3, 0.4) is 0 Å². The lowest BCUT2D eigenvalue weighted by Gasteiger charge is -2.29. The van der Waals surface area contributed by atoms with Crippen LogP contribution in [0.25, 0.3) is 0 Å². The fourth-order valence-electron chi connectivity index (χ4n) is 3.78. The topological polar surface area (TPSA) is 86.8 Å². The normalized spacial score (nSPS) is 19.3. The average molecular weight is 462 g/mol. The van der Waals surface area contributed by atoms with Crippen molar-refractivity contribution >= 4 is 46.3 Å². The molecular formula is C22H24ClN3O4S. The van der Waals surface area contributed by atoms with E-state index in [1.807, 2.05) is 0 Å². The Hall–Kier alpha value is -2.32. The van der Waals surface area contributed by atoms with Gasteiger partial charge in [-0.1, -0.05) is 36.6 Å². The SMILES string of the molecule is O=C(CN1C(=O)SC(=C2CCN(C(=O)c3ccccc3Cl)CC2)C1=O)NCCC1CC1. The van der Waals surface area contributed by atoms with Gasteiger partial charge in [-0.3, -0.25) is 24.1 Å². The van der Waals surface area contributed by atoms with Gasteiger partial charge in [0.25, 0.3) is 17.1 Å². The number of imide groups is 1. The molecule has 0 spiro atoms. The molecular weight excluding hydrogens is 438 g/mol. The third-order valence-corrected chi connectivity index (χ3v) is 7.19. The van der Waals surface area contributed by atoms with E-state index in [1.165, 1.54) is 12.8 Å². The predicted octanol–water partition coefficient (Wildman–Crippen LogP) is 3.44. The number of hydrogen-bond acceptors (Lipinski definition) is 5. The Labute approximate surface area is 190 Å². The Morgan fingerprint density at radius 2 is 1.84 bits per heavy atom. The number of thioether (sulfide) groups is 1. The van der Waals surface area contributed by atoms with E-state index < -0.39 is 11.1 Å². The van der Waals surface area contributed by atoms with Gasteiger partial charge in [-0.2, -0.15) is 0 Å².